The van der Waals surface area contributed by atoms with Crippen LogP contribution in [-0.4, -0.2) is 97.4 Å². The number of hydrogen-bond acceptors (Lipinski definition) is 12. The SMILES string of the molecule is CN(C(=S)[S-])C(C(C(N)=S)C(N)=S)N(C)C(=S)[S-].CN(C(=S)[S-])C(C(C(N)=S)C(N)=S)N(C)C(=S)[S-].[Zn+2].[Zn+2]. The summed E-state index contributed by atoms with van der Waals surface area (Å²) in [6.45, 7) is 0. The van der Waals surface area contributed by atoms with Crippen LogP contribution in [0.1, 0.15) is 0 Å². The van der Waals surface area contributed by atoms with Gasteiger partial charge >= 0.3 is 39.0 Å². The van der Waals surface area contributed by atoms with Crippen molar-refractivity contribution in [3.05, 3.63) is 0 Å². The predicted octanol–water partition coefficient (Wildman–Crippen LogP) is 0.0512. The molecular weight excluding hydrogens is 820 g/mol. The molecule has 0 aliphatic carbocycles. The summed E-state index contributed by atoms with van der Waals surface area (Å²) in [5, 5.41) is 0. The molecule has 0 spiro atoms. The van der Waals surface area contributed by atoms with E-state index >= 15 is 0 Å². The summed E-state index contributed by atoms with van der Waals surface area (Å²) in [5.41, 5.74) is 22.7. The van der Waals surface area contributed by atoms with E-state index in [1.807, 2.05) is 0 Å². The van der Waals surface area contributed by atoms with Crippen molar-refractivity contribution in [2.24, 2.45) is 34.8 Å². The maximum Gasteiger partial charge on any atom is 2.00 e. The quantitative estimate of drug-likeness (QED) is 0.103. The van der Waals surface area contributed by atoms with E-state index in [4.69, 9.17) is 171 Å². The molecule has 0 fully saturated rings. The van der Waals surface area contributed by atoms with Gasteiger partial charge < -0.3 is 142 Å². The monoisotopic (exact) mass is 840 g/mol. The van der Waals surface area contributed by atoms with Gasteiger partial charge in [-0.3, -0.25) is 0 Å². The minimum Gasteiger partial charge on any atom is -0.411 e. The van der Waals surface area contributed by atoms with Crippen LogP contribution >= 0.6 is 97.7 Å². The first-order valence-electron chi connectivity index (χ1n) is 9.14. The van der Waals surface area contributed by atoms with Crippen LogP contribution in [0.15, 0.2) is 0 Å². The van der Waals surface area contributed by atoms with Gasteiger partial charge in [0.05, 0.1) is 31.8 Å². The molecule has 8 nitrogen and oxygen atoms in total. The van der Waals surface area contributed by atoms with Gasteiger partial charge in [0.25, 0.3) is 0 Å². The fourth-order valence-electron chi connectivity index (χ4n) is 2.71. The Hall–Kier alpha value is 1.25. The van der Waals surface area contributed by atoms with Crippen LogP contribution in [0.2, 0.25) is 0 Å². The normalized spacial score (nSPS) is 9.68. The first kappa shape index (κ1) is 46.2. The first-order chi connectivity index (χ1) is 16.2. The van der Waals surface area contributed by atoms with Crippen LogP contribution in [0.25, 0.3) is 0 Å². The van der Waals surface area contributed by atoms with Crippen LogP contribution in [-0.2, 0) is 89.5 Å². The van der Waals surface area contributed by atoms with Crippen molar-refractivity contribution in [1.29, 1.82) is 0 Å². The van der Waals surface area contributed by atoms with Crippen molar-refractivity contribution < 1.29 is 39.0 Å². The Balaban J connectivity index is -0.000000289. The molecule has 8 N–H and O–H groups in total. The molecule has 204 valence electrons. The average Bonchev–Trinajstić information content (AvgIpc) is 2.72. The molecule has 0 saturated heterocycles. The molecule has 0 aromatic heterocycles. The number of hydrogen-bond donors (Lipinski definition) is 4. The zero-order valence-electron chi connectivity index (χ0n) is 20.7. The molecule has 0 unspecified atom stereocenters. The van der Waals surface area contributed by atoms with E-state index in [2.05, 4.69) is 0 Å². The summed E-state index contributed by atoms with van der Waals surface area (Å²) in [4.78, 5) is 6.93. The van der Waals surface area contributed by atoms with Gasteiger partial charge in [-0.05, 0) is 0 Å². The first-order valence-corrected chi connectivity index (χ1v) is 14.0. The van der Waals surface area contributed by atoms with Crippen molar-refractivity contribution >= 4 is 185 Å². The summed E-state index contributed by atoms with van der Waals surface area (Å²) in [6.07, 6.45) is -1.01. The van der Waals surface area contributed by atoms with E-state index in [0.29, 0.717) is 0 Å². The molecule has 0 aromatic carbocycles. The number of thiocarbonyl (C=S) groups is 8. The Labute approximate surface area is 315 Å². The van der Waals surface area contributed by atoms with Crippen molar-refractivity contribution in [3.8, 4) is 0 Å². The fraction of sp³-hybridized carbons (Fsp3) is 0.500. The molecule has 22 heteroatoms. The predicted molar refractivity (Wildman–Crippen MR) is 193 cm³/mol. The Morgan fingerprint density at radius 3 is 0.658 bits per heavy atom. The summed E-state index contributed by atoms with van der Waals surface area (Å²) in [6, 6.07) is 0. The molecule has 0 aromatic rings. The van der Waals surface area contributed by atoms with Gasteiger partial charge in [0, 0.05) is 28.2 Å². The minimum atomic E-state index is -0.591. The van der Waals surface area contributed by atoms with E-state index in [0.717, 1.165) is 0 Å². The summed E-state index contributed by atoms with van der Waals surface area (Å²) in [5.74, 6) is -1.18. The van der Waals surface area contributed by atoms with Gasteiger partial charge in [-0.15, -0.1) is 0 Å². The molecule has 0 bridgehead atoms. The van der Waals surface area contributed by atoms with Crippen LogP contribution in [0.3, 0.4) is 0 Å². The van der Waals surface area contributed by atoms with Gasteiger partial charge in [0.1, 0.15) is 12.3 Å². The Morgan fingerprint density at radius 2 is 0.579 bits per heavy atom. The van der Waals surface area contributed by atoms with E-state index in [9.17, 15) is 0 Å². The summed E-state index contributed by atoms with van der Waals surface area (Å²) in [7, 11) is 6.75. The number of nitrogens with zero attached hydrogens (tertiary/aromatic N) is 4. The Bertz CT molecular complexity index is 783. The van der Waals surface area contributed by atoms with Crippen LogP contribution in [0.4, 0.5) is 0 Å². The third-order valence-corrected chi connectivity index (χ3v) is 7.88. The number of nitrogens with two attached hydrogens (primary N) is 4. The molecule has 0 atom stereocenters. The number of rotatable bonds is 10. The average molecular weight is 844 g/mol. The summed E-state index contributed by atoms with van der Waals surface area (Å²) >= 11 is 59.6. The molecule has 0 amide bonds. The molecule has 0 saturated carbocycles. The van der Waals surface area contributed by atoms with Gasteiger partial charge in [0.15, 0.2) is 0 Å². The smallest absolute Gasteiger partial charge is 0.411 e. The van der Waals surface area contributed by atoms with Crippen molar-refractivity contribution in [2.75, 3.05) is 28.2 Å². The second kappa shape index (κ2) is 21.9. The van der Waals surface area contributed by atoms with Gasteiger partial charge in [0.2, 0.25) is 0 Å². The van der Waals surface area contributed by atoms with Gasteiger partial charge in [-0.1, -0.05) is 66.2 Å². The Morgan fingerprint density at radius 1 is 0.447 bits per heavy atom. The van der Waals surface area contributed by atoms with Crippen LogP contribution < -0.4 is 22.9 Å². The van der Waals surface area contributed by atoms with E-state index in [1.165, 1.54) is 0 Å². The maximum absolute atomic E-state index is 5.67. The van der Waals surface area contributed by atoms with Gasteiger partial charge in [-0.2, -0.15) is 0 Å². The molecule has 38 heavy (non-hydrogen) atoms. The second-order valence-corrected chi connectivity index (χ2v) is 12.9. The third kappa shape index (κ3) is 14.9. The second-order valence-electron chi connectivity index (χ2n) is 6.90. The molecule has 0 aliphatic rings. The van der Waals surface area contributed by atoms with Crippen molar-refractivity contribution in [3.63, 3.8) is 0 Å². The largest absolute Gasteiger partial charge is 2.00 e. The topological polar surface area (TPSA) is 117 Å². The zero-order valence-corrected chi connectivity index (χ0v) is 36.5. The zero-order chi connectivity index (χ0) is 29.2. The van der Waals surface area contributed by atoms with Crippen molar-refractivity contribution in [2.45, 2.75) is 12.3 Å². The molecule has 0 radical (unpaired) electrons. The molecule has 0 rings (SSSR count). The standard InChI is InChI=1S/2C8H14N4S6.2Zn/c2*1-11(7(15)16)6(12(2)8(17)18)3(4(9)13)5(10)14;;/h2*3,6H,1-2H3,(H2,9,13)(H2,10,14)(H,15,16)(H,17,18);;/q;;2*+2/p-4. The molecule has 0 aliphatic heterocycles. The maximum atomic E-state index is 5.67. The van der Waals surface area contributed by atoms with Crippen molar-refractivity contribution in [1.82, 2.24) is 19.6 Å². The summed E-state index contributed by atoms with van der Waals surface area (Å²) < 4.78 is 0.873. The third-order valence-electron chi connectivity index (χ3n) is 4.56. The van der Waals surface area contributed by atoms with E-state index < -0.39 is 24.2 Å². The van der Waals surface area contributed by atoms with Gasteiger partial charge in [-0.25, -0.2) is 0 Å². The minimum absolute atomic E-state index is 0. The van der Waals surface area contributed by atoms with E-state index in [1.54, 1.807) is 47.8 Å². The Kier molecular flexibility index (Phi) is 26.6. The molecule has 0 heterocycles. The van der Waals surface area contributed by atoms with Crippen LogP contribution in [0, 0.1) is 11.8 Å². The van der Waals surface area contributed by atoms with E-state index in [-0.39, 0.29) is 76.2 Å². The van der Waals surface area contributed by atoms with Crippen LogP contribution in [0.5, 0.6) is 0 Å². The fourth-order valence-corrected chi connectivity index (χ4v) is 4.72. The molecular formula is C16H24N8S12Zn2.